The molecule has 0 spiro atoms. The molecular formula is C10H11ClN4O2. The van der Waals surface area contributed by atoms with Crippen LogP contribution < -0.4 is 11.1 Å². The first-order chi connectivity index (χ1) is 8.11. The lowest BCUT2D eigenvalue weighted by molar-refractivity contribution is -0.384. The van der Waals surface area contributed by atoms with Crippen LogP contribution in [0, 0.1) is 10.1 Å². The number of rotatable bonds is 3. The van der Waals surface area contributed by atoms with Gasteiger partial charge in [-0.3, -0.25) is 15.1 Å². The highest BCUT2D eigenvalue weighted by molar-refractivity contribution is 6.33. The van der Waals surface area contributed by atoms with Crippen LogP contribution in [0.4, 0.5) is 5.69 Å². The van der Waals surface area contributed by atoms with Crippen LogP contribution in [0.2, 0.25) is 5.02 Å². The average molecular weight is 255 g/mol. The number of halogens is 1. The minimum absolute atomic E-state index is 0.0707. The van der Waals surface area contributed by atoms with E-state index in [0.29, 0.717) is 17.9 Å². The third-order valence-electron chi connectivity index (χ3n) is 2.53. The van der Waals surface area contributed by atoms with E-state index in [1.165, 1.54) is 6.07 Å². The molecule has 6 nitrogen and oxygen atoms in total. The highest BCUT2D eigenvalue weighted by Gasteiger charge is 2.23. The van der Waals surface area contributed by atoms with Crippen LogP contribution in [0.3, 0.4) is 0 Å². The van der Waals surface area contributed by atoms with Gasteiger partial charge in [0.1, 0.15) is 10.9 Å². The normalized spacial score (nSPS) is 16.2. The summed E-state index contributed by atoms with van der Waals surface area (Å²) in [6.45, 7) is 1.39. The van der Waals surface area contributed by atoms with Crippen molar-refractivity contribution in [2.45, 2.75) is 6.04 Å². The van der Waals surface area contributed by atoms with Gasteiger partial charge >= 0.3 is 0 Å². The third-order valence-corrected chi connectivity index (χ3v) is 2.95. The van der Waals surface area contributed by atoms with Crippen LogP contribution in [-0.2, 0) is 0 Å². The van der Waals surface area contributed by atoms with Crippen molar-refractivity contribution in [3.05, 3.63) is 38.9 Å². The van der Waals surface area contributed by atoms with Gasteiger partial charge in [0, 0.05) is 18.2 Å². The lowest BCUT2D eigenvalue weighted by atomic mass is 10.1. The molecule has 0 aromatic heterocycles. The summed E-state index contributed by atoms with van der Waals surface area (Å²) in [5.74, 6) is 0.618. The fraction of sp³-hybridized carbons (Fsp3) is 0.300. The Morgan fingerprint density at radius 1 is 1.59 bits per heavy atom. The molecule has 0 saturated carbocycles. The van der Waals surface area contributed by atoms with E-state index in [-0.39, 0.29) is 10.7 Å². The molecule has 0 amide bonds. The Bertz CT molecular complexity index is 489. The van der Waals surface area contributed by atoms with Crippen LogP contribution in [-0.4, -0.2) is 23.8 Å². The van der Waals surface area contributed by atoms with Crippen molar-refractivity contribution in [3.63, 3.8) is 0 Å². The largest absolute Gasteiger partial charge is 0.370 e. The molecule has 90 valence electrons. The monoisotopic (exact) mass is 254 g/mol. The second kappa shape index (κ2) is 4.68. The zero-order valence-corrected chi connectivity index (χ0v) is 9.65. The summed E-state index contributed by atoms with van der Waals surface area (Å²) in [6, 6.07) is 4.03. The fourth-order valence-electron chi connectivity index (χ4n) is 1.69. The minimum atomic E-state index is -0.551. The Labute approximate surface area is 103 Å². The van der Waals surface area contributed by atoms with Gasteiger partial charge in [0.15, 0.2) is 0 Å². The van der Waals surface area contributed by atoms with Gasteiger partial charge < -0.3 is 11.1 Å². The quantitative estimate of drug-likeness (QED) is 0.627. The molecule has 1 heterocycles. The maximum Gasteiger partial charge on any atom is 0.288 e. The van der Waals surface area contributed by atoms with Crippen molar-refractivity contribution >= 4 is 23.1 Å². The number of aliphatic imine (C=N–C) groups is 1. The summed E-state index contributed by atoms with van der Waals surface area (Å²) < 4.78 is 0. The molecule has 2 rings (SSSR count). The molecule has 7 heteroatoms. The van der Waals surface area contributed by atoms with E-state index >= 15 is 0 Å². The molecule has 1 aromatic rings. The van der Waals surface area contributed by atoms with E-state index in [1.807, 2.05) is 0 Å². The van der Waals surface area contributed by atoms with E-state index in [9.17, 15) is 10.1 Å². The Kier molecular flexibility index (Phi) is 3.26. The molecule has 0 aliphatic carbocycles. The van der Waals surface area contributed by atoms with Crippen molar-refractivity contribution in [1.82, 2.24) is 5.32 Å². The van der Waals surface area contributed by atoms with Crippen molar-refractivity contribution in [1.29, 1.82) is 0 Å². The summed E-state index contributed by atoms with van der Waals surface area (Å²) in [4.78, 5) is 14.4. The highest BCUT2D eigenvalue weighted by Crippen LogP contribution is 2.31. The van der Waals surface area contributed by atoms with Crippen molar-refractivity contribution in [2.24, 2.45) is 10.7 Å². The lowest BCUT2D eigenvalue weighted by Gasteiger charge is -2.14. The molecule has 1 atom stereocenters. The highest BCUT2D eigenvalue weighted by atomic mass is 35.5. The van der Waals surface area contributed by atoms with Crippen molar-refractivity contribution in [3.8, 4) is 0 Å². The van der Waals surface area contributed by atoms with E-state index < -0.39 is 11.0 Å². The van der Waals surface area contributed by atoms with E-state index in [2.05, 4.69) is 10.3 Å². The molecule has 0 saturated heterocycles. The molecule has 3 N–H and O–H groups in total. The first-order valence-electron chi connectivity index (χ1n) is 5.08. The zero-order chi connectivity index (χ0) is 12.4. The maximum atomic E-state index is 10.8. The van der Waals surface area contributed by atoms with Gasteiger partial charge in [-0.25, -0.2) is 0 Å². The summed E-state index contributed by atoms with van der Waals surface area (Å²) >= 11 is 5.97. The molecule has 0 radical (unpaired) electrons. The Morgan fingerprint density at radius 3 is 2.94 bits per heavy atom. The first kappa shape index (κ1) is 11.8. The number of nitrogens with two attached hydrogens (primary N) is 1. The summed E-state index contributed by atoms with van der Waals surface area (Å²) in [5, 5.41) is 13.9. The van der Waals surface area contributed by atoms with Gasteiger partial charge in [-0.1, -0.05) is 23.7 Å². The SMILES string of the molecule is NC(C1=NCCN1)c1cccc([N+](=O)[O-])c1Cl. The molecule has 1 aromatic carbocycles. The van der Waals surface area contributed by atoms with Gasteiger partial charge in [-0.15, -0.1) is 0 Å². The summed E-state index contributed by atoms with van der Waals surface area (Å²) in [7, 11) is 0. The van der Waals surface area contributed by atoms with E-state index in [0.717, 1.165) is 6.54 Å². The number of hydrogen-bond donors (Lipinski definition) is 2. The number of nitrogens with one attached hydrogen (secondary N) is 1. The van der Waals surface area contributed by atoms with Crippen molar-refractivity contribution in [2.75, 3.05) is 13.1 Å². The molecule has 0 bridgehead atoms. The molecule has 1 aliphatic heterocycles. The number of nitrogens with zero attached hydrogens (tertiary/aromatic N) is 2. The van der Waals surface area contributed by atoms with Gasteiger partial charge in [-0.05, 0) is 0 Å². The first-order valence-corrected chi connectivity index (χ1v) is 5.45. The maximum absolute atomic E-state index is 10.8. The number of amidine groups is 1. The molecule has 17 heavy (non-hydrogen) atoms. The summed E-state index contributed by atoms with van der Waals surface area (Å²) in [6.07, 6.45) is 0. The zero-order valence-electron chi connectivity index (χ0n) is 8.89. The number of hydrogen-bond acceptors (Lipinski definition) is 5. The molecular weight excluding hydrogens is 244 g/mol. The van der Waals surface area contributed by atoms with Crippen LogP contribution in [0.5, 0.6) is 0 Å². The Morgan fingerprint density at radius 2 is 2.35 bits per heavy atom. The Hall–Kier alpha value is -1.66. The standard InChI is InChI=1S/C10H11ClN4O2/c11-8-6(2-1-3-7(8)15(16)17)9(12)10-13-4-5-14-10/h1-3,9H,4-5,12H2,(H,13,14). The number of benzene rings is 1. The third kappa shape index (κ3) is 2.22. The average Bonchev–Trinajstić information content (AvgIpc) is 2.81. The smallest absolute Gasteiger partial charge is 0.288 e. The minimum Gasteiger partial charge on any atom is -0.370 e. The number of nitro groups is 1. The Balaban J connectivity index is 2.38. The second-order valence-corrected chi connectivity index (χ2v) is 3.99. The topological polar surface area (TPSA) is 93.5 Å². The fourth-order valence-corrected chi connectivity index (χ4v) is 2.00. The van der Waals surface area contributed by atoms with Crippen LogP contribution in [0.1, 0.15) is 11.6 Å². The molecule has 1 aliphatic rings. The summed E-state index contributed by atoms with van der Waals surface area (Å²) in [5.41, 5.74) is 6.34. The van der Waals surface area contributed by atoms with Crippen LogP contribution >= 0.6 is 11.6 Å². The van der Waals surface area contributed by atoms with E-state index in [1.54, 1.807) is 12.1 Å². The van der Waals surface area contributed by atoms with E-state index in [4.69, 9.17) is 17.3 Å². The second-order valence-electron chi connectivity index (χ2n) is 3.61. The molecule has 0 fully saturated rings. The van der Waals surface area contributed by atoms with Crippen LogP contribution in [0.25, 0.3) is 0 Å². The number of nitro benzene ring substituents is 1. The van der Waals surface area contributed by atoms with Gasteiger partial charge in [0.2, 0.25) is 0 Å². The van der Waals surface area contributed by atoms with Gasteiger partial charge in [0.05, 0.1) is 17.5 Å². The van der Waals surface area contributed by atoms with Crippen molar-refractivity contribution < 1.29 is 4.92 Å². The predicted octanol–water partition coefficient (Wildman–Crippen LogP) is 1.25. The predicted molar refractivity (Wildman–Crippen MR) is 65.3 cm³/mol. The van der Waals surface area contributed by atoms with Crippen LogP contribution in [0.15, 0.2) is 23.2 Å². The van der Waals surface area contributed by atoms with Gasteiger partial charge in [0.25, 0.3) is 5.69 Å². The molecule has 1 unspecified atom stereocenters. The lowest BCUT2D eigenvalue weighted by Crippen LogP contribution is -2.31. The van der Waals surface area contributed by atoms with Gasteiger partial charge in [-0.2, -0.15) is 0 Å².